The van der Waals surface area contributed by atoms with E-state index < -0.39 is 0 Å². The Morgan fingerprint density at radius 3 is 2.65 bits per heavy atom. The molecule has 5 heteroatoms. The van der Waals surface area contributed by atoms with Gasteiger partial charge in [0.15, 0.2) is 0 Å². The molecule has 1 N–H and O–H groups in total. The van der Waals surface area contributed by atoms with Gasteiger partial charge < -0.3 is 10.2 Å². The number of nitriles is 1. The van der Waals surface area contributed by atoms with E-state index in [1.54, 1.807) is 7.05 Å². The third-order valence-corrected chi connectivity index (χ3v) is 3.18. The molecular formula is C12H14IN3O. The van der Waals surface area contributed by atoms with Crippen LogP contribution in [0.5, 0.6) is 0 Å². The Morgan fingerprint density at radius 1 is 1.53 bits per heavy atom. The average Bonchev–Trinajstić information content (AvgIpc) is 2.31. The molecule has 1 aromatic rings. The number of benzene rings is 1. The first kappa shape index (κ1) is 13.8. The second kappa shape index (κ2) is 6.45. The van der Waals surface area contributed by atoms with Crippen molar-refractivity contribution < 1.29 is 4.79 Å². The van der Waals surface area contributed by atoms with Gasteiger partial charge in [-0.25, -0.2) is 4.79 Å². The molecule has 0 aliphatic carbocycles. The molecule has 0 aliphatic heterocycles. The smallest absolute Gasteiger partial charge is 0.321 e. The van der Waals surface area contributed by atoms with E-state index in [0.717, 1.165) is 9.26 Å². The highest BCUT2D eigenvalue weighted by Gasteiger charge is 2.15. The molecule has 17 heavy (non-hydrogen) atoms. The number of anilines is 1. The molecule has 0 saturated heterocycles. The predicted molar refractivity (Wildman–Crippen MR) is 75.6 cm³/mol. The topological polar surface area (TPSA) is 56.1 Å². The third kappa shape index (κ3) is 4.23. The molecule has 2 amide bonds. The Morgan fingerprint density at radius 2 is 2.12 bits per heavy atom. The Balaban J connectivity index is 2.60. The molecule has 0 spiro atoms. The zero-order valence-electron chi connectivity index (χ0n) is 9.77. The highest BCUT2D eigenvalue weighted by molar-refractivity contribution is 14.1. The first-order chi connectivity index (χ1) is 8.04. The number of rotatable bonds is 3. The van der Waals surface area contributed by atoms with E-state index in [4.69, 9.17) is 5.26 Å². The first-order valence-electron chi connectivity index (χ1n) is 5.21. The van der Waals surface area contributed by atoms with Gasteiger partial charge in [-0.05, 0) is 53.8 Å². The van der Waals surface area contributed by atoms with Crippen molar-refractivity contribution in [2.75, 3.05) is 12.4 Å². The number of amides is 2. The van der Waals surface area contributed by atoms with Crippen molar-refractivity contribution in [3.63, 3.8) is 0 Å². The molecule has 0 saturated carbocycles. The zero-order valence-corrected chi connectivity index (χ0v) is 11.9. The monoisotopic (exact) mass is 343 g/mol. The predicted octanol–water partition coefficient (Wildman–Crippen LogP) is 3.06. The molecule has 1 aromatic carbocycles. The Kier molecular flexibility index (Phi) is 5.22. The second-order valence-electron chi connectivity index (χ2n) is 3.76. The lowest BCUT2D eigenvalue weighted by molar-refractivity contribution is 0.208. The van der Waals surface area contributed by atoms with Gasteiger partial charge in [0.1, 0.15) is 0 Å². The standard InChI is InChI=1S/C12H14IN3O/c1-9(7-8-14)16(2)12(17)15-11-5-3-10(13)4-6-11/h3-6,9H,7H2,1-2H3,(H,15,17)/t9-/m1/s1. The average molecular weight is 343 g/mol. The number of halogens is 1. The molecule has 0 unspecified atom stereocenters. The SMILES string of the molecule is C[C@H](CC#N)N(C)C(=O)Nc1ccc(I)cc1. The van der Waals surface area contributed by atoms with Crippen LogP contribution in [0.3, 0.4) is 0 Å². The van der Waals surface area contributed by atoms with Crippen molar-refractivity contribution in [2.24, 2.45) is 0 Å². The van der Waals surface area contributed by atoms with Crippen LogP contribution in [0, 0.1) is 14.9 Å². The molecule has 90 valence electrons. The quantitative estimate of drug-likeness (QED) is 0.858. The number of hydrogen-bond donors (Lipinski definition) is 1. The van der Waals surface area contributed by atoms with Crippen molar-refractivity contribution in [3.05, 3.63) is 27.8 Å². The zero-order chi connectivity index (χ0) is 12.8. The van der Waals surface area contributed by atoms with Crippen molar-refractivity contribution in [3.8, 4) is 6.07 Å². The molecule has 1 atom stereocenters. The number of nitrogens with zero attached hydrogens (tertiary/aromatic N) is 2. The lowest BCUT2D eigenvalue weighted by atomic mass is 10.2. The van der Waals surface area contributed by atoms with E-state index in [-0.39, 0.29) is 12.1 Å². The summed E-state index contributed by atoms with van der Waals surface area (Å²) < 4.78 is 1.12. The number of nitrogens with one attached hydrogen (secondary N) is 1. The van der Waals surface area contributed by atoms with Crippen LogP contribution in [0.2, 0.25) is 0 Å². The highest BCUT2D eigenvalue weighted by Crippen LogP contribution is 2.12. The number of carbonyl (C=O) groups excluding carboxylic acids is 1. The van der Waals surface area contributed by atoms with Crippen LogP contribution in [0.1, 0.15) is 13.3 Å². The summed E-state index contributed by atoms with van der Waals surface area (Å²) in [6, 6.07) is 9.31. The third-order valence-electron chi connectivity index (χ3n) is 2.46. The summed E-state index contributed by atoms with van der Waals surface area (Å²) in [4.78, 5) is 13.3. The lowest BCUT2D eigenvalue weighted by Gasteiger charge is -2.23. The molecule has 0 heterocycles. The van der Waals surface area contributed by atoms with Gasteiger partial charge in [-0.1, -0.05) is 0 Å². The van der Waals surface area contributed by atoms with Crippen molar-refractivity contribution in [2.45, 2.75) is 19.4 Å². The van der Waals surface area contributed by atoms with Crippen LogP contribution in [-0.4, -0.2) is 24.0 Å². The van der Waals surface area contributed by atoms with Gasteiger partial charge in [0.05, 0.1) is 12.5 Å². The second-order valence-corrected chi connectivity index (χ2v) is 5.00. The van der Waals surface area contributed by atoms with E-state index in [1.807, 2.05) is 31.2 Å². The summed E-state index contributed by atoms with van der Waals surface area (Å²) in [5, 5.41) is 11.4. The maximum atomic E-state index is 11.8. The Bertz CT molecular complexity index is 424. The summed E-state index contributed by atoms with van der Waals surface area (Å²) in [6.45, 7) is 1.84. The van der Waals surface area contributed by atoms with E-state index in [9.17, 15) is 4.79 Å². The van der Waals surface area contributed by atoms with Crippen LogP contribution < -0.4 is 5.32 Å². The van der Waals surface area contributed by atoms with Crippen LogP contribution in [0.15, 0.2) is 24.3 Å². The number of hydrogen-bond acceptors (Lipinski definition) is 2. The van der Waals surface area contributed by atoms with Gasteiger partial charge >= 0.3 is 6.03 Å². The molecule has 1 rings (SSSR count). The van der Waals surface area contributed by atoms with Crippen LogP contribution >= 0.6 is 22.6 Å². The largest absolute Gasteiger partial charge is 0.324 e. The van der Waals surface area contributed by atoms with Crippen molar-refractivity contribution in [1.29, 1.82) is 5.26 Å². The van der Waals surface area contributed by atoms with E-state index in [0.29, 0.717) is 6.42 Å². The fourth-order valence-corrected chi connectivity index (χ4v) is 1.57. The summed E-state index contributed by atoms with van der Waals surface area (Å²) in [5.41, 5.74) is 0.756. The lowest BCUT2D eigenvalue weighted by Crippen LogP contribution is -2.38. The fourth-order valence-electron chi connectivity index (χ4n) is 1.21. The van der Waals surface area contributed by atoms with E-state index in [2.05, 4.69) is 34.0 Å². The summed E-state index contributed by atoms with van der Waals surface area (Å²) in [6.07, 6.45) is 0.330. The number of urea groups is 1. The normalized spacial score (nSPS) is 11.4. The van der Waals surface area contributed by atoms with Crippen molar-refractivity contribution >= 4 is 34.3 Å². The van der Waals surface area contributed by atoms with Gasteiger partial charge in [0.2, 0.25) is 0 Å². The molecule has 0 aliphatic rings. The van der Waals surface area contributed by atoms with Gasteiger partial charge in [0.25, 0.3) is 0 Å². The molecule has 0 radical (unpaired) electrons. The van der Waals surface area contributed by atoms with Gasteiger partial charge in [-0.15, -0.1) is 0 Å². The highest BCUT2D eigenvalue weighted by atomic mass is 127. The fraction of sp³-hybridized carbons (Fsp3) is 0.333. The minimum atomic E-state index is -0.200. The Labute approximate surface area is 115 Å². The molecule has 0 fully saturated rings. The minimum absolute atomic E-state index is 0.0937. The van der Waals surface area contributed by atoms with Crippen LogP contribution in [-0.2, 0) is 0 Å². The van der Waals surface area contributed by atoms with E-state index in [1.165, 1.54) is 4.90 Å². The first-order valence-corrected chi connectivity index (χ1v) is 6.29. The molecule has 0 bridgehead atoms. The van der Waals surface area contributed by atoms with Crippen molar-refractivity contribution in [1.82, 2.24) is 4.90 Å². The molecular weight excluding hydrogens is 329 g/mol. The maximum absolute atomic E-state index is 11.8. The van der Waals surface area contributed by atoms with Crippen LogP contribution in [0.25, 0.3) is 0 Å². The molecule has 4 nitrogen and oxygen atoms in total. The van der Waals surface area contributed by atoms with Gasteiger partial charge in [-0.2, -0.15) is 5.26 Å². The maximum Gasteiger partial charge on any atom is 0.321 e. The summed E-state index contributed by atoms with van der Waals surface area (Å²) in [7, 11) is 1.68. The molecule has 0 aromatic heterocycles. The Hall–Kier alpha value is -1.29. The van der Waals surface area contributed by atoms with Gasteiger partial charge in [-0.3, -0.25) is 0 Å². The van der Waals surface area contributed by atoms with E-state index >= 15 is 0 Å². The minimum Gasteiger partial charge on any atom is -0.324 e. The number of carbonyl (C=O) groups is 1. The van der Waals surface area contributed by atoms with Gasteiger partial charge in [0, 0.05) is 22.3 Å². The summed E-state index contributed by atoms with van der Waals surface area (Å²) in [5.74, 6) is 0. The summed E-state index contributed by atoms with van der Waals surface area (Å²) >= 11 is 2.21. The van der Waals surface area contributed by atoms with Crippen LogP contribution in [0.4, 0.5) is 10.5 Å².